The summed E-state index contributed by atoms with van der Waals surface area (Å²) in [6.45, 7) is 0. The molecular formula is C21H15ClN2. The van der Waals surface area contributed by atoms with E-state index in [0.717, 1.165) is 28.2 Å². The standard InChI is InChI=1S/C21H15ClN2/c22-18-12-7-13-19(14-18)24-21(17-10-5-2-6-11-17)15-20(23-24)16-8-3-1-4-9-16/h1-15H. The van der Waals surface area contributed by atoms with E-state index in [2.05, 4.69) is 30.3 Å². The Morgan fingerprint density at radius 1 is 0.667 bits per heavy atom. The van der Waals surface area contributed by atoms with E-state index in [0.29, 0.717) is 5.02 Å². The van der Waals surface area contributed by atoms with E-state index in [1.54, 1.807) is 0 Å². The van der Waals surface area contributed by atoms with Crippen LogP contribution in [0.5, 0.6) is 0 Å². The molecule has 0 amide bonds. The molecule has 0 aliphatic rings. The zero-order valence-electron chi connectivity index (χ0n) is 12.9. The van der Waals surface area contributed by atoms with Crippen LogP contribution in [-0.4, -0.2) is 9.78 Å². The maximum atomic E-state index is 6.18. The Morgan fingerprint density at radius 2 is 1.33 bits per heavy atom. The van der Waals surface area contributed by atoms with Crippen LogP contribution in [0.3, 0.4) is 0 Å². The highest BCUT2D eigenvalue weighted by molar-refractivity contribution is 6.30. The number of aromatic nitrogens is 2. The number of benzene rings is 3. The molecule has 116 valence electrons. The van der Waals surface area contributed by atoms with Gasteiger partial charge in [-0.05, 0) is 24.3 Å². The van der Waals surface area contributed by atoms with E-state index in [9.17, 15) is 0 Å². The summed E-state index contributed by atoms with van der Waals surface area (Å²) in [5.41, 5.74) is 5.14. The van der Waals surface area contributed by atoms with Gasteiger partial charge in [0.25, 0.3) is 0 Å². The minimum atomic E-state index is 0.697. The summed E-state index contributed by atoms with van der Waals surface area (Å²) in [7, 11) is 0. The Kier molecular flexibility index (Phi) is 3.89. The molecule has 0 atom stereocenters. The SMILES string of the molecule is Clc1cccc(-n2nc(-c3ccccc3)cc2-c2ccccc2)c1. The van der Waals surface area contributed by atoms with Gasteiger partial charge >= 0.3 is 0 Å². The topological polar surface area (TPSA) is 17.8 Å². The van der Waals surface area contributed by atoms with Crippen molar-refractivity contribution in [2.75, 3.05) is 0 Å². The van der Waals surface area contributed by atoms with Crippen molar-refractivity contribution in [3.8, 4) is 28.2 Å². The van der Waals surface area contributed by atoms with Crippen LogP contribution in [-0.2, 0) is 0 Å². The molecule has 0 saturated carbocycles. The molecule has 0 aliphatic heterocycles. The molecule has 3 heteroatoms. The average molecular weight is 331 g/mol. The average Bonchev–Trinajstić information content (AvgIpc) is 3.09. The maximum Gasteiger partial charge on any atom is 0.0934 e. The minimum absolute atomic E-state index is 0.697. The summed E-state index contributed by atoms with van der Waals surface area (Å²) in [6, 6.07) is 30.3. The van der Waals surface area contributed by atoms with Crippen molar-refractivity contribution < 1.29 is 0 Å². The summed E-state index contributed by atoms with van der Waals surface area (Å²) >= 11 is 6.18. The first-order chi connectivity index (χ1) is 11.8. The van der Waals surface area contributed by atoms with Crippen LogP contribution < -0.4 is 0 Å². The predicted octanol–water partition coefficient (Wildman–Crippen LogP) is 5.86. The van der Waals surface area contributed by atoms with Crippen LogP contribution in [0.1, 0.15) is 0 Å². The van der Waals surface area contributed by atoms with E-state index < -0.39 is 0 Å². The number of halogens is 1. The molecule has 1 aromatic heterocycles. The van der Waals surface area contributed by atoms with Crippen molar-refractivity contribution in [2.24, 2.45) is 0 Å². The molecular weight excluding hydrogens is 316 g/mol. The quantitative estimate of drug-likeness (QED) is 0.460. The Balaban J connectivity index is 1.92. The molecule has 0 unspecified atom stereocenters. The monoisotopic (exact) mass is 330 g/mol. The van der Waals surface area contributed by atoms with Gasteiger partial charge in [-0.1, -0.05) is 78.3 Å². The van der Waals surface area contributed by atoms with Gasteiger partial charge in [-0.15, -0.1) is 0 Å². The first-order valence-corrected chi connectivity index (χ1v) is 8.16. The summed E-state index contributed by atoms with van der Waals surface area (Å²) < 4.78 is 1.95. The highest BCUT2D eigenvalue weighted by Gasteiger charge is 2.13. The summed E-state index contributed by atoms with van der Waals surface area (Å²) in [5.74, 6) is 0. The van der Waals surface area contributed by atoms with E-state index in [4.69, 9.17) is 16.7 Å². The molecule has 4 aromatic rings. The van der Waals surface area contributed by atoms with Gasteiger partial charge in [-0.25, -0.2) is 4.68 Å². The Morgan fingerprint density at radius 3 is 2.00 bits per heavy atom. The molecule has 0 aliphatic carbocycles. The first-order valence-electron chi connectivity index (χ1n) is 7.78. The second-order valence-electron chi connectivity index (χ2n) is 5.54. The lowest BCUT2D eigenvalue weighted by Gasteiger charge is -2.07. The van der Waals surface area contributed by atoms with E-state index in [-0.39, 0.29) is 0 Å². The van der Waals surface area contributed by atoms with Gasteiger partial charge < -0.3 is 0 Å². The molecule has 4 rings (SSSR count). The van der Waals surface area contributed by atoms with Crippen molar-refractivity contribution in [3.63, 3.8) is 0 Å². The van der Waals surface area contributed by atoms with Crippen molar-refractivity contribution in [2.45, 2.75) is 0 Å². The lowest BCUT2D eigenvalue weighted by atomic mass is 10.1. The number of hydrogen-bond acceptors (Lipinski definition) is 1. The largest absolute Gasteiger partial charge is 0.232 e. The van der Waals surface area contributed by atoms with Crippen LogP contribution in [0.2, 0.25) is 5.02 Å². The van der Waals surface area contributed by atoms with Crippen LogP contribution in [0.15, 0.2) is 91.0 Å². The fraction of sp³-hybridized carbons (Fsp3) is 0. The Hall–Kier alpha value is -2.84. The van der Waals surface area contributed by atoms with E-state index in [1.165, 1.54) is 0 Å². The summed E-state index contributed by atoms with van der Waals surface area (Å²) in [4.78, 5) is 0. The zero-order chi connectivity index (χ0) is 16.4. The Bertz CT molecular complexity index is 960. The predicted molar refractivity (Wildman–Crippen MR) is 99.4 cm³/mol. The van der Waals surface area contributed by atoms with Crippen LogP contribution in [0, 0.1) is 0 Å². The van der Waals surface area contributed by atoms with Gasteiger partial charge in [0, 0.05) is 16.1 Å². The van der Waals surface area contributed by atoms with E-state index >= 15 is 0 Å². The molecule has 0 N–H and O–H groups in total. The van der Waals surface area contributed by atoms with Gasteiger partial charge in [-0.3, -0.25) is 0 Å². The first kappa shape index (κ1) is 14.7. The lowest BCUT2D eigenvalue weighted by Crippen LogP contribution is -1.99. The van der Waals surface area contributed by atoms with Gasteiger partial charge in [0.05, 0.1) is 17.1 Å². The van der Waals surface area contributed by atoms with Crippen LogP contribution in [0.4, 0.5) is 0 Å². The molecule has 0 fully saturated rings. The molecule has 0 spiro atoms. The molecule has 24 heavy (non-hydrogen) atoms. The fourth-order valence-electron chi connectivity index (χ4n) is 2.75. The summed E-state index contributed by atoms with van der Waals surface area (Å²) in [5, 5.41) is 5.52. The second kappa shape index (κ2) is 6.34. The number of hydrogen-bond donors (Lipinski definition) is 0. The minimum Gasteiger partial charge on any atom is -0.232 e. The van der Waals surface area contributed by atoms with Gasteiger partial charge in [-0.2, -0.15) is 5.10 Å². The second-order valence-corrected chi connectivity index (χ2v) is 5.97. The van der Waals surface area contributed by atoms with Crippen molar-refractivity contribution >= 4 is 11.6 Å². The third kappa shape index (κ3) is 2.84. The molecule has 0 bridgehead atoms. The zero-order valence-corrected chi connectivity index (χ0v) is 13.7. The van der Waals surface area contributed by atoms with E-state index in [1.807, 2.05) is 65.3 Å². The van der Waals surface area contributed by atoms with Gasteiger partial charge in [0.15, 0.2) is 0 Å². The van der Waals surface area contributed by atoms with Crippen molar-refractivity contribution in [3.05, 3.63) is 96.0 Å². The molecule has 0 saturated heterocycles. The third-order valence-corrected chi connectivity index (χ3v) is 4.14. The normalized spacial score (nSPS) is 10.7. The lowest BCUT2D eigenvalue weighted by molar-refractivity contribution is 0.892. The molecule has 2 nitrogen and oxygen atoms in total. The fourth-order valence-corrected chi connectivity index (χ4v) is 2.93. The molecule has 1 heterocycles. The Labute approximate surface area is 146 Å². The smallest absolute Gasteiger partial charge is 0.0934 e. The highest BCUT2D eigenvalue weighted by atomic mass is 35.5. The van der Waals surface area contributed by atoms with Crippen molar-refractivity contribution in [1.29, 1.82) is 0 Å². The summed E-state index contributed by atoms with van der Waals surface area (Å²) in [6.07, 6.45) is 0. The number of nitrogens with zero attached hydrogens (tertiary/aromatic N) is 2. The van der Waals surface area contributed by atoms with Gasteiger partial charge in [0.2, 0.25) is 0 Å². The van der Waals surface area contributed by atoms with Crippen LogP contribution in [0.25, 0.3) is 28.2 Å². The van der Waals surface area contributed by atoms with Gasteiger partial charge in [0.1, 0.15) is 0 Å². The van der Waals surface area contributed by atoms with Crippen molar-refractivity contribution in [1.82, 2.24) is 9.78 Å². The number of rotatable bonds is 3. The van der Waals surface area contributed by atoms with Crippen LogP contribution >= 0.6 is 11.6 Å². The molecule has 0 radical (unpaired) electrons. The highest BCUT2D eigenvalue weighted by Crippen LogP contribution is 2.29. The molecule has 3 aromatic carbocycles. The maximum absolute atomic E-state index is 6.18. The third-order valence-electron chi connectivity index (χ3n) is 3.90.